The lowest BCUT2D eigenvalue weighted by atomic mass is 10.3. The van der Waals surface area contributed by atoms with E-state index in [1.54, 1.807) is 28.9 Å². The molecule has 0 fully saturated rings. The Kier molecular flexibility index (Phi) is 4.24. The molecule has 5 nitrogen and oxygen atoms in total. The summed E-state index contributed by atoms with van der Waals surface area (Å²) < 4.78 is 2.47. The first-order valence-corrected chi connectivity index (χ1v) is 6.79. The van der Waals surface area contributed by atoms with Gasteiger partial charge < -0.3 is 5.32 Å². The van der Waals surface area contributed by atoms with Gasteiger partial charge in [-0.1, -0.05) is 15.9 Å². The predicted molar refractivity (Wildman–Crippen MR) is 81.0 cm³/mol. The Morgan fingerprint density at radius 3 is 2.05 bits per heavy atom. The first-order valence-electron chi connectivity index (χ1n) is 6.00. The molecule has 20 heavy (non-hydrogen) atoms. The highest BCUT2D eigenvalue weighted by atomic mass is 79.9. The van der Waals surface area contributed by atoms with Gasteiger partial charge in [-0.25, -0.2) is 0 Å². The maximum Gasteiger partial charge on any atom is 0.328 e. The molecule has 0 spiro atoms. The van der Waals surface area contributed by atoms with Crippen molar-refractivity contribution < 1.29 is 9.59 Å². The number of nitrogens with one attached hydrogen (secondary N) is 2. The normalized spacial score (nSPS) is 10.2. The summed E-state index contributed by atoms with van der Waals surface area (Å²) in [5.74, 6) is -1.42. The third-order valence-electron chi connectivity index (χ3n) is 2.79. The van der Waals surface area contributed by atoms with Crippen LogP contribution in [-0.2, 0) is 9.59 Å². The van der Waals surface area contributed by atoms with Crippen molar-refractivity contribution in [3.63, 3.8) is 0 Å². The van der Waals surface area contributed by atoms with E-state index in [-0.39, 0.29) is 0 Å². The number of rotatable bonds is 2. The lowest BCUT2D eigenvalue weighted by Crippen LogP contribution is -2.35. The molecule has 1 heterocycles. The third kappa shape index (κ3) is 3.27. The van der Waals surface area contributed by atoms with Crippen LogP contribution in [0.3, 0.4) is 0 Å². The SMILES string of the molecule is Cc1ccc(C)n1NC(=O)C(=O)Nc1ccc(Br)cc1. The number of nitrogens with zero attached hydrogens (tertiary/aromatic N) is 1. The molecule has 1 aromatic carbocycles. The topological polar surface area (TPSA) is 63.1 Å². The summed E-state index contributed by atoms with van der Waals surface area (Å²) in [5, 5.41) is 2.54. The minimum absolute atomic E-state index is 0.564. The maximum absolute atomic E-state index is 11.8. The second-order valence-corrected chi connectivity index (χ2v) is 5.27. The van der Waals surface area contributed by atoms with Crippen molar-refractivity contribution in [1.29, 1.82) is 0 Å². The van der Waals surface area contributed by atoms with Crippen molar-refractivity contribution in [3.05, 3.63) is 52.3 Å². The van der Waals surface area contributed by atoms with Gasteiger partial charge in [-0.2, -0.15) is 0 Å². The molecule has 0 radical (unpaired) electrons. The molecule has 104 valence electrons. The molecule has 6 heteroatoms. The molecule has 0 saturated heterocycles. The van der Waals surface area contributed by atoms with Crippen molar-refractivity contribution in [1.82, 2.24) is 4.68 Å². The van der Waals surface area contributed by atoms with Crippen LogP contribution in [0, 0.1) is 13.8 Å². The molecule has 0 aliphatic carbocycles. The van der Waals surface area contributed by atoms with E-state index < -0.39 is 11.8 Å². The minimum Gasteiger partial charge on any atom is -0.318 e. The van der Waals surface area contributed by atoms with Gasteiger partial charge in [0.2, 0.25) is 0 Å². The van der Waals surface area contributed by atoms with Gasteiger partial charge in [-0.3, -0.25) is 19.7 Å². The van der Waals surface area contributed by atoms with Crippen molar-refractivity contribution in [3.8, 4) is 0 Å². The van der Waals surface area contributed by atoms with Crippen LogP contribution in [0.4, 0.5) is 5.69 Å². The van der Waals surface area contributed by atoms with Gasteiger partial charge in [-0.05, 0) is 50.2 Å². The summed E-state index contributed by atoms with van der Waals surface area (Å²) in [6, 6.07) is 10.7. The van der Waals surface area contributed by atoms with Gasteiger partial charge in [0.05, 0.1) is 0 Å². The van der Waals surface area contributed by atoms with Crippen LogP contribution in [0.2, 0.25) is 0 Å². The molecule has 1 aromatic heterocycles. The molecule has 0 unspecified atom stereocenters. The van der Waals surface area contributed by atoms with Crippen LogP contribution in [0.5, 0.6) is 0 Å². The van der Waals surface area contributed by atoms with E-state index in [0.29, 0.717) is 5.69 Å². The average Bonchev–Trinajstić information content (AvgIpc) is 2.73. The van der Waals surface area contributed by atoms with Crippen LogP contribution in [0.25, 0.3) is 0 Å². The zero-order valence-electron chi connectivity index (χ0n) is 11.1. The smallest absolute Gasteiger partial charge is 0.318 e. The van der Waals surface area contributed by atoms with Crippen LogP contribution >= 0.6 is 15.9 Å². The Morgan fingerprint density at radius 1 is 0.950 bits per heavy atom. The molecular weight excluding hydrogens is 322 g/mol. The number of hydrogen-bond acceptors (Lipinski definition) is 2. The average molecular weight is 336 g/mol. The Bertz CT molecular complexity index is 627. The van der Waals surface area contributed by atoms with Crippen LogP contribution in [-0.4, -0.2) is 16.5 Å². The summed E-state index contributed by atoms with van der Waals surface area (Å²) in [4.78, 5) is 23.6. The summed E-state index contributed by atoms with van der Waals surface area (Å²) in [6.45, 7) is 3.69. The van der Waals surface area contributed by atoms with E-state index in [4.69, 9.17) is 0 Å². The molecule has 0 aliphatic heterocycles. The number of carbonyl (C=O) groups is 2. The monoisotopic (exact) mass is 335 g/mol. The Morgan fingerprint density at radius 2 is 1.50 bits per heavy atom. The number of aryl methyl sites for hydroxylation is 2. The second-order valence-electron chi connectivity index (χ2n) is 4.35. The number of amides is 2. The van der Waals surface area contributed by atoms with Gasteiger partial charge in [0, 0.05) is 21.5 Å². The maximum atomic E-state index is 11.8. The van der Waals surface area contributed by atoms with E-state index in [9.17, 15) is 9.59 Å². The Balaban J connectivity index is 2.02. The lowest BCUT2D eigenvalue weighted by Gasteiger charge is -2.11. The van der Waals surface area contributed by atoms with Crippen molar-refractivity contribution in [2.75, 3.05) is 10.7 Å². The molecule has 0 atom stereocenters. The highest BCUT2D eigenvalue weighted by molar-refractivity contribution is 9.10. The van der Waals surface area contributed by atoms with Gasteiger partial charge in [0.1, 0.15) is 0 Å². The molecule has 0 bridgehead atoms. The molecule has 2 aromatic rings. The fraction of sp³-hybridized carbons (Fsp3) is 0.143. The first-order chi connectivity index (χ1) is 9.47. The number of anilines is 1. The number of aromatic nitrogens is 1. The molecule has 2 N–H and O–H groups in total. The van der Waals surface area contributed by atoms with Crippen LogP contribution in [0.1, 0.15) is 11.4 Å². The summed E-state index contributed by atoms with van der Waals surface area (Å²) in [5.41, 5.74) is 4.82. The summed E-state index contributed by atoms with van der Waals surface area (Å²) >= 11 is 3.30. The van der Waals surface area contributed by atoms with Crippen molar-refractivity contribution >= 4 is 33.4 Å². The number of hydrogen-bond donors (Lipinski definition) is 2. The number of halogens is 1. The molecule has 0 aliphatic rings. The Hall–Kier alpha value is -2.08. The van der Waals surface area contributed by atoms with Crippen molar-refractivity contribution in [2.45, 2.75) is 13.8 Å². The predicted octanol–water partition coefficient (Wildman–Crippen LogP) is 2.58. The van der Waals surface area contributed by atoms with Crippen molar-refractivity contribution in [2.24, 2.45) is 0 Å². The van der Waals surface area contributed by atoms with Gasteiger partial charge >= 0.3 is 11.8 Å². The van der Waals surface area contributed by atoms with E-state index in [1.165, 1.54) is 0 Å². The summed E-state index contributed by atoms with van der Waals surface area (Å²) in [6.07, 6.45) is 0. The number of benzene rings is 1. The zero-order chi connectivity index (χ0) is 14.7. The third-order valence-corrected chi connectivity index (χ3v) is 3.32. The highest BCUT2D eigenvalue weighted by Crippen LogP contribution is 2.14. The zero-order valence-corrected chi connectivity index (χ0v) is 12.7. The largest absolute Gasteiger partial charge is 0.328 e. The van der Waals surface area contributed by atoms with Crippen LogP contribution in [0.15, 0.2) is 40.9 Å². The molecule has 2 rings (SSSR count). The molecular formula is C14H14BrN3O2. The quantitative estimate of drug-likeness (QED) is 0.828. The minimum atomic E-state index is -0.713. The summed E-state index contributed by atoms with van der Waals surface area (Å²) in [7, 11) is 0. The molecule has 0 saturated carbocycles. The van der Waals surface area contributed by atoms with Crippen LogP contribution < -0.4 is 10.7 Å². The van der Waals surface area contributed by atoms with Gasteiger partial charge in [0.25, 0.3) is 0 Å². The standard InChI is InChI=1S/C14H14BrN3O2/c1-9-3-4-10(2)18(9)17-14(20)13(19)16-12-7-5-11(15)6-8-12/h3-8H,1-2H3,(H,16,19)(H,17,20). The second kappa shape index (κ2) is 5.92. The van der Waals surface area contributed by atoms with E-state index >= 15 is 0 Å². The fourth-order valence-corrected chi connectivity index (χ4v) is 1.98. The highest BCUT2D eigenvalue weighted by Gasteiger charge is 2.15. The van der Waals surface area contributed by atoms with E-state index in [0.717, 1.165) is 15.9 Å². The molecule has 2 amide bonds. The van der Waals surface area contributed by atoms with E-state index in [2.05, 4.69) is 26.7 Å². The van der Waals surface area contributed by atoms with E-state index in [1.807, 2.05) is 26.0 Å². The Labute approximate surface area is 125 Å². The van der Waals surface area contributed by atoms with Gasteiger partial charge in [-0.15, -0.1) is 0 Å². The lowest BCUT2D eigenvalue weighted by molar-refractivity contribution is -0.133. The fourth-order valence-electron chi connectivity index (χ4n) is 1.72. The van der Waals surface area contributed by atoms with Gasteiger partial charge in [0.15, 0.2) is 0 Å². The number of carbonyl (C=O) groups excluding carboxylic acids is 2. The first kappa shape index (κ1) is 14.3.